The van der Waals surface area contributed by atoms with Crippen molar-refractivity contribution in [2.75, 3.05) is 0 Å². The molecular weight excluding hydrogens is 314 g/mol. The molecule has 0 saturated heterocycles. The van der Waals surface area contributed by atoms with Crippen LogP contribution in [0.25, 0.3) is 0 Å². The Kier molecular flexibility index (Phi) is 7.28. The van der Waals surface area contributed by atoms with E-state index in [1.165, 1.54) is 0 Å². The Bertz CT molecular complexity index is 421. The van der Waals surface area contributed by atoms with E-state index in [4.69, 9.17) is 0 Å². The second-order valence-electron chi connectivity index (χ2n) is 5.50. The summed E-state index contributed by atoms with van der Waals surface area (Å²) >= 11 is 3.44. The molecular formula is C17H26BrNO. The highest BCUT2D eigenvalue weighted by atomic mass is 79.9. The van der Waals surface area contributed by atoms with E-state index in [0.29, 0.717) is 0 Å². The highest BCUT2D eigenvalue weighted by Gasteiger charge is 2.25. The first kappa shape index (κ1) is 17.2. The number of halogens is 1. The van der Waals surface area contributed by atoms with Crippen LogP contribution in [0.3, 0.4) is 0 Å². The van der Waals surface area contributed by atoms with E-state index in [2.05, 4.69) is 48.5 Å². The van der Waals surface area contributed by atoms with Gasteiger partial charge in [-0.15, -0.1) is 0 Å². The molecule has 1 aromatic carbocycles. The van der Waals surface area contributed by atoms with Crippen molar-refractivity contribution in [3.05, 3.63) is 34.3 Å². The standard InChI is InChI=1S/C17H26BrNO/c1-5-8-13(3)19(14(4)9-6-2)17(20)15-10-7-11-16(18)12-15/h7,10-14H,5-6,8-9H2,1-4H3. The smallest absolute Gasteiger partial charge is 0.254 e. The van der Waals surface area contributed by atoms with Crippen molar-refractivity contribution in [3.63, 3.8) is 0 Å². The molecule has 0 saturated carbocycles. The van der Waals surface area contributed by atoms with Crippen molar-refractivity contribution in [2.24, 2.45) is 0 Å². The summed E-state index contributed by atoms with van der Waals surface area (Å²) in [5, 5.41) is 0. The third-order valence-electron chi connectivity index (χ3n) is 3.67. The Morgan fingerprint density at radius 1 is 1.15 bits per heavy atom. The molecule has 0 aromatic heterocycles. The molecule has 3 heteroatoms. The first-order valence-corrected chi connectivity index (χ1v) is 8.38. The lowest BCUT2D eigenvalue weighted by molar-refractivity contribution is 0.0586. The molecule has 20 heavy (non-hydrogen) atoms. The minimum Gasteiger partial charge on any atom is -0.333 e. The van der Waals surface area contributed by atoms with Crippen molar-refractivity contribution >= 4 is 21.8 Å². The van der Waals surface area contributed by atoms with Gasteiger partial charge < -0.3 is 4.90 Å². The molecule has 2 nitrogen and oxygen atoms in total. The minimum atomic E-state index is 0.146. The number of hydrogen-bond donors (Lipinski definition) is 0. The predicted molar refractivity (Wildman–Crippen MR) is 89.1 cm³/mol. The second kappa shape index (κ2) is 8.46. The average Bonchev–Trinajstić information content (AvgIpc) is 2.39. The largest absolute Gasteiger partial charge is 0.333 e. The molecule has 0 spiro atoms. The summed E-state index contributed by atoms with van der Waals surface area (Å²) in [6.45, 7) is 8.66. The number of hydrogen-bond acceptors (Lipinski definition) is 1. The van der Waals surface area contributed by atoms with Crippen LogP contribution < -0.4 is 0 Å². The molecule has 1 rings (SSSR count). The van der Waals surface area contributed by atoms with Gasteiger partial charge in [0.1, 0.15) is 0 Å². The fourth-order valence-corrected chi connectivity index (χ4v) is 3.12. The topological polar surface area (TPSA) is 20.3 Å². The quantitative estimate of drug-likeness (QED) is 0.662. The highest BCUT2D eigenvalue weighted by Crippen LogP contribution is 2.20. The number of rotatable bonds is 7. The molecule has 1 amide bonds. The maximum atomic E-state index is 12.8. The summed E-state index contributed by atoms with van der Waals surface area (Å²) in [6.07, 6.45) is 4.30. The Balaban J connectivity index is 2.99. The lowest BCUT2D eigenvalue weighted by Gasteiger charge is -2.35. The summed E-state index contributed by atoms with van der Waals surface area (Å²) in [5.41, 5.74) is 0.769. The Hall–Kier alpha value is -0.830. The lowest BCUT2D eigenvalue weighted by Crippen LogP contribution is -2.44. The molecule has 0 N–H and O–H groups in total. The molecule has 0 heterocycles. The first-order valence-electron chi connectivity index (χ1n) is 7.59. The van der Waals surface area contributed by atoms with Crippen LogP contribution in [0.15, 0.2) is 28.7 Å². The van der Waals surface area contributed by atoms with Crippen molar-refractivity contribution in [2.45, 2.75) is 65.5 Å². The van der Waals surface area contributed by atoms with Crippen molar-refractivity contribution in [1.82, 2.24) is 4.90 Å². The molecule has 1 aromatic rings. The molecule has 2 unspecified atom stereocenters. The van der Waals surface area contributed by atoms with E-state index >= 15 is 0 Å². The number of carbonyl (C=O) groups excluding carboxylic acids is 1. The van der Waals surface area contributed by atoms with Gasteiger partial charge in [-0.1, -0.05) is 48.7 Å². The van der Waals surface area contributed by atoms with Gasteiger partial charge in [-0.05, 0) is 44.9 Å². The zero-order chi connectivity index (χ0) is 15.1. The van der Waals surface area contributed by atoms with Crippen molar-refractivity contribution in [1.29, 1.82) is 0 Å². The Labute approximate surface area is 131 Å². The molecule has 0 bridgehead atoms. The maximum Gasteiger partial charge on any atom is 0.254 e. The number of amides is 1. The van der Waals surface area contributed by atoms with Crippen LogP contribution in [-0.4, -0.2) is 22.9 Å². The summed E-state index contributed by atoms with van der Waals surface area (Å²) in [4.78, 5) is 14.9. The number of nitrogens with zero attached hydrogens (tertiary/aromatic N) is 1. The van der Waals surface area contributed by atoms with E-state index in [0.717, 1.165) is 35.7 Å². The fraction of sp³-hybridized carbons (Fsp3) is 0.588. The van der Waals surface area contributed by atoms with Gasteiger partial charge in [0, 0.05) is 22.1 Å². The summed E-state index contributed by atoms with van der Waals surface area (Å²) in [6, 6.07) is 8.25. The second-order valence-corrected chi connectivity index (χ2v) is 6.41. The highest BCUT2D eigenvalue weighted by molar-refractivity contribution is 9.10. The molecule has 0 aliphatic rings. The van der Waals surface area contributed by atoms with Gasteiger partial charge in [0.05, 0.1) is 0 Å². The van der Waals surface area contributed by atoms with Crippen molar-refractivity contribution in [3.8, 4) is 0 Å². The SMILES string of the molecule is CCCC(C)N(C(=O)c1cccc(Br)c1)C(C)CCC. The maximum absolute atomic E-state index is 12.8. The number of benzene rings is 1. The fourth-order valence-electron chi connectivity index (χ4n) is 2.72. The number of carbonyl (C=O) groups is 1. The van der Waals surface area contributed by atoms with Gasteiger partial charge >= 0.3 is 0 Å². The normalized spacial score (nSPS) is 13.8. The van der Waals surface area contributed by atoms with E-state index in [1.807, 2.05) is 24.3 Å². The minimum absolute atomic E-state index is 0.146. The van der Waals surface area contributed by atoms with Crippen LogP contribution in [-0.2, 0) is 0 Å². The van der Waals surface area contributed by atoms with Crippen molar-refractivity contribution < 1.29 is 4.79 Å². The molecule has 112 valence electrons. The lowest BCUT2D eigenvalue weighted by atomic mass is 10.0. The van der Waals surface area contributed by atoms with Gasteiger partial charge in [-0.2, -0.15) is 0 Å². The summed E-state index contributed by atoms with van der Waals surface area (Å²) in [5.74, 6) is 0.146. The predicted octanol–water partition coefficient (Wildman–Crippen LogP) is 5.27. The molecule has 0 radical (unpaired) electrons. The van der Waals surface area contributed by atoms with Crippen LogP contribution in [0, 0.1) is 0 Å². The first-order chi connectivity index (χ1) is 9.51. The van der Waals surface area contributed by atoms with Crippen LogP contribution in [0.1, 0.15) is 63.7 Å². The molecule has 2 atom stereocenters. The van der Waals surface area contributed by atoms with Crippen LogP contribution >= 0.6 is 15.9 Å². The van der Waals surface area contributed by atoms with Gasteiger partial charge in [0.2, 0.25) is 0 Å². The third-order valence-corrected chi connectivity index (χ3v) is 4.16. The third kappa shape index (κ3) is 4.62. The summed E-state index contributed by atoms with van der Waals surface area (Å²) < 4.78 is 0.953. The zero-order valence-electron chi connectivity index (χ0n) is 13.0. The van der Waals surface area contributed by atoms with Crippen LogP contribution in [0.5, 0.6) is 0 Å². The average molecular weight is 340 g/mol. The Morgan fingerprint density at radius 2 is 1.70 bits per heavy atom. The summed E-state index contributed by atoms with van der Waals surface area (Å²) in [7, 11) is 0. The zero-order valence-corrected chi connectivity index (χ0v) is 14.6. The van der Waals surface area contributed by atoms with Crippen LogP contribution in [0.4, 0.5) is 0 Å². The van der Waals surface area contributed by atoms with E-state index in [9.17, 15) is 4.79 Å². The van der Waals surface area contributed by atoms with E-state index in [-0.39, 0.29) is 18.0 Å². The Morgan fingerprint density at radius 3 is 2.15 bits per heavy atom. The molecule has 0 aliphatic carbocycles. The molecule has 0 fully saturated rings. The van der Waals surface area contributed by atoms with Gasteiger partial charge in [0.25, 0.3) is 5.91 Å². The van der Waals surface area contributed by atoms with Gasteiger partial charge in [-0.25, -0.2) is 0 Å². The monoisotopic (exact) mass is 339 g/mol. The van der Waals surface area contributed by atoms with Gasteiger partial charge in [0.15, 0.2) is 0 Å². The van der Waals surface area contributed by atoms with E-state index < -0.39 is 0 Å². The van der Waals surface area contributed by atoms with Gasteiger partial charge in [-0.3, -0.25) is 4.79 Å². The molecule has 0 aliphatic heterocycles. The van der Waals surface area contributed by atoms with Crippen LogP contribution in [0.2, 0.25) is 0 Å². The van der Waals surface area contributed by atoms with E-state index in [1.54, 1.807) is 0 Å².